The summed E-state index contributed by atoms with van der Waals surface area (Å²) in [7, 11) is 5.33. The number of amides is 1. The maximum absolute atomic E-state index is 13.1. The number of carbonyl (C=O) groups excluding carboxylic acids is 1. The molecular formula is C25H30N2O8S. The van der Waals surface area contributed by atoms with Gasteiger partial charge in [0, 0.05) is 23.6 Å². The molecule has 11 heteroatoms. The van der Waals surface area contributed by atoms with Crippen molar-refractivity contribution in [1.29, 1.82) is 0 Å². The average molecular weight is 519 g/mol. The third-order valence-corrected chi connectivity index (χ3v) is 6.38. The summed E-state index contributed by atoms with van der Waals surface area (Å²) < 4.78 is 5.20. The Hall–Kier alpha value is -3.38. The number of hydrogen-bond donors (Lipinski definition) is 4. The lowest BCUT2D eigenvalue weighted by Crippen LogP contribution is -2.46. The highest BCUT2D eigenvalue weighted by Crippen LogP contribution is 2.45. The van der Waals surface area contributed by atoms with Crippen LogP contribution in [-0.4, -0.2) is 89.7 Å². The van der Waals surface area contributed by atoms with Gasteiger partial charge >= 0.3 is 11.9 Å². The average Bonchev–Trinajstić information content (AvgIpc) is 2.93. The summed E-state index contributed by atoms with van der Waals surface area (Å²) >= 11 is 1.46. The Kier molecular flexibility index (Phi) is 10.9. The van der Waals surface area contributed by atoms with Crippen molar-refractivity contribution in [2.75, 3.05) is 39.2 Å². The molecule has 0 saturated heterocycles. The van der Waals surface area contributed by atoms with Gasteiger partial charge in [0.15, 0.2) is 0 Å². The molecule has 0 saturated carbocycles. The maximum Gasteiger partial charge on any atom is 0.328 e. The number of methoxy groups -OCH3 is 1. The zero-order valence-electron chi connectivity index (χ0n) is 20.1. The Morgan fingerprint density at radius 1 is 1.08 bits per heavy atom. The number of thioether (sulfide) groups is 1. The number of likely N-dealkylation sites (N-methyl/N-ethyl adjacent to an activating group) is 1. The smallest absolute Gasteiger partial charge is 0.328 e. The number of para-hydroxylation sites is 1. The molecule has 0 spiro atoms. The van der Waals surface area contributed by atoms with Crippen molar-refractivity contribution in [3.05, 3.63) is 66.2 Å². The molecule has 36 heavy (non-hydrogen) atoms. The van der Waals surface area contributed by atoms with E-state index in [0.717, 1.165) is 16.2 Å². The molecule has 2 aromatic rings. The van der Waals surface area contributed by atoms with Crippen LogP contribution in [0.1, 0.15) is 10.8 Å². The highest BCUT2D eigenvalue weighted by molar-refractivity contribution is 7.99. The van der Waals surface area contributed by atoms with Crippen molar-refractivity contribution in [2.45, 2.75) is 22.4 Å². The van der Waals surface area contributed by atoms with Crippen LogP contribution in [0.4, 0.5) is 5.69 Å². The second-order valence-electron chi connectivity index (χ2n) is 8.10. The van der Waals surface area contributed by atoms with Crippen molar-refractivity contribution in [1.82, 2.24) is 4.90 Å². The van der Waals surface area contributed by atoms with E-state index in [2.05, 4.69) is 0 Å². The van der Waals surface area contributed by atoms with Crippen molar-refractivity contribution in [2.24, 2.45) is 0 Å². The highest BCUT2D eigenvalue weighted by Gasteiger charge is 2.37. The molecule has 1 aliphatic rings. The van der Waals surface area contributed by atoms with E-state index in [4.69, 9.17) is 14.9 Å². The molecular weight excluding hydrogens is 488 g/mol. The number of anilines is 1. The summed E-state index contributed by atoms with van der Waals surface area (Å²) in [6.45, 7) is 0.554. The summed E-state index contributed by atoms with van der Waals surface area (Å²) in [6, 6.07) is 14.9. The third kappa shape index (κ3) is 8.38. The minimum atomic E-state index is -1.26. The molecule has 2 aromatic carbocycles. The molecule has 1 unspecified atom stereocenters. The van der Waals surface area contributed by atoms with Crippen molar-refractivity contribution in [3.8, 4) is 5.75 Å². The van der Waals surface area contributed by atoms with Crippen molar-refractivity contribution < 1.29 is 39.5 Å². The number of carboxylic acids is 2. The summed E-state index contributed by atoms with van der Waals surface area (Å²) in [4.78, 5) is 36.5. The van der Waals surface area contributed by atoms with Crippen LogP contribution in [0.2, 0.25) is 0 Å². The molecule has 194 valence electrons. The largest absolute Gasteiger partial charge is 0.497 e. The van der Waals surface area contributed by atoms with Crippen molar-refractivity contribution in [3.63, 3.8) is 0 Å². The predicted octanol–water partition coefficient (Wildman–Crippen LogP) is 1.87. The Morgan fingerprint density at radius 3 is 2.19 bits per heavy atom. The first-order valence-electron chi connectivity index (χ1n) is 10.9. The van der Waals surface area contributed by atoms with Gasteiger partial charge in [0.1, 0.15) is 11.9 Å². The van der Waals surface area contributed by atoms with Crippen LogP contribution in [0.15, 0.2) is 65.6 Å². The number of fused-ring (bicyclic) bond motifs is 1. The van der Waals surface area contributed by atoms with Gasteiger partial charge in [-0.05, 0) is 43.9 Å². The number of β-amino-alcohol motifs (C(OH)–C–C–N with tert-alkyl or cyclic N) is 1. The van der Waals surface area contributed by atoms with E-state index in [1.807, 2.05) is 67.5 Å². The first kappa shape index (κ1) is 28.9. The number of nitrogens with zero attached hydrogens (tertiary/aromatic N) is 2. The van der Waals surface area contributed by atoms with Crippen LogP contribution in [0, 0.1) is 0 Å². The Bertz CT molecular complexity index is 1060. The SMILES string of the molecule is COc1ccc([C@@H]2Sc3ccccc3N(CC(O)CN(C)C)C(=O)[C@H]2O)cc1.O=C(O)/C=C\C(=O)O. The fourth-order valence-corrected chi connectivity index (χ4v) is 4.72. The number of hydrogen-bond acceptors (Lipinski definition) is 8. The zero-order chi connectivity index (χ0) is 26.8. The molecule has 0 bridgehead atoms. The third-order valence-electron chi connectivity index (χ3n) is 5.00. The second kappa shape index (κ2) is 13.6. The number of carboxylic acid groups (broad SMARTS) is 2. The number of aliphatic hydroxyl groups is 2. The fourth-order valence-electron chi connectivity index (χ4n) is 3.45. The van der Waals surface area contributed by atoms with E-state index in [1.165, 1.54) is 16.7 Å². The Labute approximate surface area is 213 Å². The standard InChI is InChI=1S/C21H26N2O4S.C4H4O4/c1-22(2)12-15(24)13-23-17-6-4-5-7-18(17)28-20(19(25)21(23)26)14-8-10-16(27-3)11-9-14;5-3(6)1-2-4(7)8/h4-11,15,19-20,24-25H,12-13H2,1-3H3;1-2H,(H,5,6)(H,7,8)/b;2-1-/t15?,19-,20-;/m0./s1. The quantitative estimate of drug-likeness (QED) is 0.382. The van der Waals surface area contributed by atoms with Crippen LogP contribution < -0.4 is 9.64 Å². The number of aliphatic hydroxyl groups excluding tert-OH is 2. The summed E-state index contributed by atoms with van der Waals surface area (Å²) in [5, 5.41) is 36.5. The normalized spacial score (nSPS) is 18.2. The maximum atomic E-state index is 13.1. The van der Waals surface area contributed by atoms with Crippen LogP contribution in [0.25, 0.3) is 0 Å². The molecule has 0 aliphatic carbocycles. The number of rotatable bonds is 8. The van der Waals surface area contributed by atoms with E-state index >= 15 is 0 Å². The Balaban J connectivity index is 0.000000493. The lowest BCUT2D eigenvalue weighted by atomic mass is 10.1. The van der Waals surface area contributed by atoms with Crippen LogP contribution in [0.5, 0.6) is 5.75 Å². The minimum absolute atomic E-state index is 0.126. The van der Waals surface area contributed by atoms with E-state index in [0.29, 0.717) is 24.4 Å². The van der Waals surface area contributed by atoms with Gasteiger partial charge in [-0.3, -0.25) is 4.79 Å². The van der Waals surface area contributed by atoms with Gasteiger partial charge in [0.05, 0.1) is 30.7 Å². The molecule has 0 radical (unpaired) electrons. The van der Waals surface area contributed by atoms with Crippen LogP contribution in [-0.2, 0) is 14.4 Å². The molecule has 1 amide bonds. The summed E-state index contributed by atoms with van der Waals surface area (Å²) in [5.41, 5.74) is 1.56. The van der Waals surface area contributed by atoms with Gasteiger partial charge < -0.3 is 35.0 Å². The Morgan fingerprint density at radius 2 is 1.67 bits per heavy atom. The number of carbonyl (C=O) groups is 3. The highest BCUT2D eigenvalue weighted by atomic mass is 32.2. The summed E-state index contributed by atoms with van der Waals surface area (Å²) in [5.74, 6) is -2.20. The fraction of sp³-hybridized carbons (Fsp3) is 0.320. The van der Waals surface area contributed by atoms with Gasteiger partial charge in [-0.15, -0.1) is 11.8 Å². The topological polar surface area (TPSA) is 148 Å². The first-order valence-corrected chi connectivity index (χ1v) is 11.8. The number of ether oxygens (including phenoxy) is 1. The molecule has 3 atom stereocenters. The summed E-state index contributed by atoms with van der Waals surface area (Å²) in [6.07, 6.45) is -0.830. The predicted molar refractivity (Wildman–Crippen MR) is 135 cm³/mol. The molecule has 10 nitrogen and oxygen atoms in total. The van der Waals surface area contributed by atoms with Gasteiger partial charge in [-0.2, -0.15) is 0 Å². The zero-order valence-corrected chi connectivity index (χ0v) is 21.0. The number of benzene rings is 2. The van der Waals surface area contributed by atoms with Gasteiger partial charge in [-0.25, -0.2) is 9.59 Å². The molecule has 1 heterocycles. The lowest BCUT2D eigenvalue weighted by Gasteiger charge is -2.28. The molecule has 0 fully saturated rings. The molecule has 0 aromatic heterocycles. The van der Waals surface area contributed by atoms with Gasteiger partial charge in [-0.1, -0.05) is 24.3 Å². The minimum Gasteiger partial charge on any atom is -0.497 e. The van der Waals surface area contributed by atoms with E-state index in [9.17, 15) is 24.6 Å². The van der Waals surface area contributed by atoms with E-state index < -0.39 is 35.3 Å². The van der Waals surface area contributed by atoms with Crippen molar-refractivity contribution >= 4 is 35.3 Å². The molecule has 1 aliphatic heterocycles. The van der Waals surface area contributed by atoms with Gasteiger partial charge in [0.2, 0.25) is 0 Å². The van der Waals surface area contributed by atoms with Gasteiger partial charge in [0.25, 0.3) is 5.91 Å². The second-order valence-corrected chi connectivity index (χ2v) is 9.28. The van der Waals surface area contributed by atoms with E-state index in [-0.39, 0.29) is 6.54 Å². The molecule has 4 N–H and O–H groups in total. The molecule has 3 rings (SSSR count). The lowest BCUT2D eigenvalue weighted by molar-refractivity contribution is -0.134. The monoisotopic (exact) mass is 518 g/mol. The first-order chi connectivity index (χ1) is 17.0. The number of aliphatic carboxylic acids is 2. The van der Waals surface area contributed by atoms with Crippen LogP contribution >= 0.6 is 11.8 Å². The van der Waals surface area contributed by atoms with E-state index in [1.54, 1.807) is 7.11 Å². The van der Waals surface area contributed by atoms with Crippen LogP contribution in [0.3, 0.4) is 0 Å².